The van der Waals surface area contributed by atoms with Gasteiger partial charge in [0, 0.05) is 25.5 Å². The lowest BCUT2D eigenvalue weighted by atomic mass is 10.1. The van der Waals surface area contributed by atoms with E-state index in [1.165, 1.54) is 6.08 Å². The van der Waals surface area contributed by atoms with Crippen LogP contribution in [-0.4, -0.2) is 54.7 Å². The van der Waals surface area contributed by atoms with E-state index in [0.29, 0.717) is 31.6 Å². The molecule has 0 saturated heterocycles. The molecule has 0 N–H and O–H groups in total. The van der Waals surface area contributed by atoms with Crippen molar-refractivity contribution in [1.29, 1.82) is 0 Å². The Balaban J connectivity index is 2.21. The van der Waals surface area contributed by atoms with Gasteiger partial charge in [-0.3, -0.25) is 4.79 Å². The highest BCUT2D eigenvalue weighted by atomic mass is 16.5. The first-order valence-corrected chi connectivity index (χ1v) is 13.0. The second kappa shape index (κ2) is 15.8. The number of aryl methyl sites for hydroxylation is 1. The van der Waals surface area contributed by atoms with E-state index < -0.39 is 12.1 Å². The molecule has 0 aliphatic carbocycles. The Bertz CT molecular complexity index is 1040. The molecule has 1 aromatic heterocycles. The van der Waals surface area contributed by atoms with E-state index in [0.717, 1.165) is 41.8 Å². The second-order valence-corrected chi connectivity index (χ2v) is 9.95. The van der Waals surface area contributed by atoms with Crippen LogP contribution in [0.3, 0.4) is 0 Å². The summed E-state index contributed by atoms with van der Waals surface area (Å²) >= 11 is 0. The van der Waals surface area contributed by atoms with Crippen molar-refractivity contribution in [1.82, 2.24) is 9.88 Å². The number of hydrogen-bond donors (Lipinski definition) is 0. The van der Waals surface area contributed by atoms with Crippen LogP contribution >= 0.6 is 0 Å². The van der Waals surface area contributed by atoms with E-state index in [4.69, 9.17) is 13.9 Å². The summed E-state index contributed by atoms with van der Waals surface area (Å²) in [4.78, 5) is 31.4. The van der Waals surface area contributed by atoms with Gasteiger partial charge < -0.3 is 18.8 Å². The van der Waals surface area contributed by atoms with Gasteiger partial charge in [0.1, 0.15) is 18.5 Å². The molecule has 0 saturated carbocycles. The molecule has 1 aliphatic rings. The fourth-order valence-corrected chi connectivity index (χ4v) is 3.77. The summed E-state index contributed by atoms with van der Waals surface area (Å²) < 4.78 is 16.9. The molecule has 37 heavy (non-hydrogen) atoms. The number of ether oxygens (including phenoxy) is 2. The van der Waals surface area contributed by atoms with Crippen LogP contribution in [0.15, 0.2) is 69.9 Å². The van der Waals surface area contributed by atoms with Crippen LogP contribution in [0.25, 0.3) is 0 Å². The Kier molecular flexibility index (Phi) is 12.8. The van der Waals surface area contributed by atoms with Gasteiger partial charge in [-0.1, -0.05) is 47.1 Å². The lowest BCUT2D eigenvalue weighted by molar-refractivity contribution is -0.148. The highest BCUT2D eigenvalue weighted by Gasteiger charge is 2.16. The van der Waals surface area contributed by atoms with E-state index in [1.807, 2.05) is 59.2 Å². The van der Waals surface area contributed by atoms with Crippen molar-refractivity contribution < 1.29 is 23.5 Å². The monoisotopic (exact) mass is 510 g/mol. The average molecular weight is 511 g/mol. The molecular formula is C30H42N2O5. The molecule has 2 atom stereocenters. The molecule has 1 aliphatic heterocycles. The third-order valence-electron chi connectivity index (χ3n) is 5.70. The van der Waals surface area contributed by atoms with Gasteiger partial charge in [0.25, 0.3) is 0 Å². The van der Waals surface area contributed by atoms with Gasteiger partial charge in [-0.25, -0.2) is 9.78 Å². The SMILES string of the molecule is CC(/C=C/C(C)=C/C1Cc2nc(co2)CCCCC(=O)O[C@@H](C)C/C(C)=C/C=C\C(=O)O1)=C\CN(C)C. The topological polar surface area (TPSA) is 81.9 Å². The van der Waals surface area contributed by atoms with Crippen LogP contribution in [-0.2, 0) is 31.9 Å². The first kappa shape index (κ1) is 30.0. The Morgan fingerprint density at radius 3 is 2.57 bits per heavy atom. The van der Waals surface area contributed by atoms with Crippen molar-refractivity contribution in [2.24, 2.45) is 0 Å². The van der Waals surface area contributed by atoms with Crippen molar-refractivity contribution in [3.05, 3.63) is 77.1 Å². The number of carbonyl (C=O) groups excluding carboxylic acids is 2. The third kappa shape index (κ3) is 13.1. The lowest BCUT2D eigenvalue weighted by Crippen LogP contribution is -2.18. The van der Waals surface area contributed by atoms with Gasteiger partial charge in [0.05, 0.1) is 12.1 Å². The lowest BCUT2D eigenvalue weighted by Gasteiger charge is -2.13. The first-order chi connectivity index (χ1) is 17.6. The van der Waals surface area contributed by atoms with Gasteiger partial charge in [0.2, 0.25) is 0 Å². The summed E-state index contributed by atoms with van der Waals surface area (Å²) in [5, 5.41) is 0. The smallest absolute Gasteiger partial charge is 0.331 e. The zero-order valence-electron chi connectivity index (χ0n) is 23.2. The quantitative estimate of drug-likeness (QED) is 0.372. The fourth-order valence-electron chi connectivity index (χ4n) is 3.77. The molecule has 2 rings (SSSR count). The summed E-state index contributed by atoms with van der Waals surface area (Å²) in [6.07, 6.45) is 17.5. The van der Waals surface area contributed by atoms with Crippen molar-refractivity contribution in [3.8, 4) is 0 Å². The maximum absolute atomic E-state index is 12.6. The van der Waals surface area contributed by atoms with Crippen molar-refractivity contribution in [2.75, 3.05) is 20.6 Å². The number of carbonyl (C=O) groups is 2. The average Bonchev–Trinajstić information content (AvgIpc) is 3.25. The maximum Gasteiger partial charge on any atom is 0.331 e. The molecule has 0 spiro atoms. The number of oxazole rings is 1. The van der Waals surface area contributed by atoms with Crippen LogP contribution in [0.5, 0.6) is 0 Å². The van der Waals surface area contributed by atoms with Crippen molar-refractivity contribution >= 4 is 11.9 Å². The number of likely N-dealkylation sites (N-methyl/N-ethyl adjacent to an activating group) is 1. The molecule has 202 valence electrons. The van der Waals surface area contributed by atoms with Gasteiger partial charge in [-0.05, 0) is 67.1 Å². The van der Waals surface area contributed by atoms with Crippen LogP contribution in [0.4, 0.5) is 0 Å². The van der Waals surface area contributed by atoms with Gasteiger partial charge in [-0.2, -0.15) is 0 Å². The Morgan fingerprint density at radius 1 is 1.08 bits per heavy atom. The number of allylic oxidation sites excluding steroid dienone is 6. The number of nitrogens with zero attached hydrogens (tertiary/aromatic N) is 2. The molecule has 1 aromatic rings. The van der Waals surface area contributed by atoms with E-state index in [2.05, 4.69) is 22.9 Å². The van der Waals surface area contributed by atoms with Gasteiger partial charge >= 0.3 is 11.9 Å². The standard InChI is InChI=1S/C30H42N2O5/c1-22(16-17-32(5)6)14-15-24(3)19-27-20-28-31-26(21-35-28)11-7-8-12-29(33)36-25(4)18-23(2)10-9-13-30(34)37-27/h9-10,13-16,19,21,25,27H,7-8,11-12,17-18,20H2,1-6H3/b13-9-,15-14+,22-16+,23-10+,24-19+/t25-,27?/m0/s1. The molecule has 0 radical (unpaired) electrons. The summed E-state index contributed by atoms with van der Waals surface area (Å²) in [5.74, 6) is -0.136. The molecule has 2 heterocycles. The number of fused-ring (bicyclic) bond motifs is 2. The number of aromatic nitrogens is 1. The Morgan fingerprint density at radius 2 is 1.81 bits per heavy atom. The summed E-state index contributed by atoms with van der Waals surface area (Å²) in [6, 6.07) is 0. The van der Waals surface area contributed by atoms with Crippen LogP contribution < -0.4 is 0 Å². The summed E-state index contributed by atoms with van der Waals surface area (Å²) in [7, 11) is 4.06. The Labute approximate surface area is 221 Å². The molecule has 0 amide bonds. The minimum absolute atomic E-state index is 0.194. The minimum Gasteiger partial charge on any atom is -0.462 e. The number of cyclic esters (lactones) is 2. The molecular weight excluding hydrogens is 468 g/mol. The molecule has 2 bridgehead atoms. The number of rotatable bonds is 5. The van der Waals surface area contributed by atoms with E-state index >= 15 is 0 Å². The molecule has 7 heteroatoms. The van der Waals surface area contributed by atoms with Crippen LogP contribution in [0, 0.1) is 0 Å². The second-order valence-electron chi connectivity index (χ2n) is 9.95. The van der Waals surface area contributed by atoms with Crippen LogP contribution in [0.1, 0.15) is 65.0 Å². The summed E-state index contributed by atoms with van der Waals surface area (Å²) in [5.41, 5.74) is 3.95. The first-order valence-electron chi connectivity index (χ1n) is 13.0. The third-order valence-corrected chi connectivity index (χ3v) is 5.70. The zero-order valence-corrected chi connectivity index (χ0v) is 23.2. The van der Waals surface area contributed by atoms with E-state index in [1.54, 1.807) is 12.3 Å². The molecule has 0 fully saturated rings. The highest BCUT2D eigenvalue weighted by molar-refractivity contribution is 5.82. The fraction of sp³-hybridized carbons (Fsp3) is 0.500. The zero-order chi connectivity index (χ0) is 27.2. The number of esters is 2. The van der Waals surface area contributed by atoms with Crippen molar-refractivity contribution in [3.63, 3.8) is 0 Å². The maximum atomic E-state index is 12.6. The largest absolute Gasteiger partial charge is 0.462 e. The molecule has 1 unspecified atom stereocenters. The highest BCUT2D eigenvalue weighted by Crippen LogP contribution is 2.15. The van der Waals surface area contributed by atoms with E-state index in [9.17, 15) is 9.59 Å². The normalized spacial score (nSPS) is 24.0. The molecule has 7 nitrogen and oxygen atoms in total. The van der Waals surface area contributed by atoms with Gasteiger partial charge in [-0.15, -0.1) is 0 Å². The predicted octanol–water partition coefficient (Wildman–Crippen LogP) is 5.69. The Hall–Kier alpha value is -3.19. The van der Waals surface area contributed by atoms with Gasteiger partial charge in [0.15, 0.2) is 5.89 Å². The van der Waals surface area contributed by atoms with Crippen molar-refractivity contribution in [2.45, 2.75) is 78.4 Å². The van der Waals surface area contributed by atoms with E-state index in [-0.39, 0.29) is 12.1 Å². The van der Waals surface area contributed by atoms with Crippen LogP contribution in [0.2, 0.25) is 0 Å². The number of hydrogen-bond acceptors (Lipinski definition) is 7. The molecule has 0 aromatic carbocycles. The summed E-state index contributed by atoms with van der Waals surface area (Å²) in [6.45, 7) is 8.72. The minimum atomic E-state index is -0.530. The predicted molar refractivity (Wildman–Crippen MR) is 146 cm³/mol.